The Morgan fingerprint density at radius 2 is 1.83 bits per heavy atom. The van der Waals surface area contributed by atoms with Crippen LogP contribution in [-0.2, 0) is 0 Å². The van der Waals surface area contributed by atoms with Crippen LogP contribution in [0.2, 0.25) is 0 Å². The van der Waals surface area contributed by atoms with Crippen molar-refractivity contribution in [2.75, 3.05) is 36.5 Å². The zero-order valence-electron chi connectivity index (χ0n) is 13.8. The number of nitrogens with one attached hydrogen (secondary N) is 1. The quantitative estimate of drug-likeness (QED) is 0.864. The molecule has 0 radical (unpaired) electrons. The summed E-state index contributed by atoms with van der Waals surface area (Å²) in [6, 6.07) is 1.93. The summed E-state index contributed by atoms with van der Waals surface area (Å²) in [7, 11) is 0. The molecular weight excluding hydrogens is 314 g/mol. The average molecular weight is 338 g/mol. The first-order valence-electron chi connectivity index (χ1n) is 8.73. The van der Waals surface area contributed by atoms with Gasteiger partial charge in [-0.2, -0.15) is 0 Å². The van der Waals surface area contributed by atoms with Crippen LogP contribution >= 0.6 is 0 Å². The fourth-order valence-corrected chi connectivity index (χ4v) is 4.97. The van der Waals surface area contributed by atoms with E-state index in [1.165, 1.54) is 12.8 Å². The highest BCUT2D eigenvalue weighted by Crippen LogP contribution is 2.68. The maximum atomic E-state index is 13.2. The first-order chi connectivity index (χ1) is 11.4. The van der Waals surface area contributed by atoms with Crippen LogP contribution in [0.25, 0.3) is 0 Å². The third-order valence-corrected chi connectivity index (χ3v) is 5.83. The summed E-state index contributed by atoms with van der Waals surface area (Å²) >= 11 is 0. The summed E-state index contributed by atoms with van der Waals surface area (Å²) in [5, 5.41) is 13.0. The zero-order valence-corrected chi connectivity index (χ0v) is 13.8. The second-order valence-electron chi connectivity index (χ2n) is 8.03. The molecule has 2 saturated carbocycles. The lowest BCUT2D eigenvalue weighted by Crippen LogP contribution is -2.61. The van der Waals surface area contributed by atoms with Gasteiger partial charge >= 0.3 is 0 Å². The van der Waals surface area contributed by atoms with Crippen molar-refractivity contribution in [3.63, 3.8) is 0 Å². The van der Waals surface area contributed by atoms with E-state index in [1.807, 2.05) is 6.07 Å². The molecule has 1 spiro atoms. The van der Waals surface area contributed by atoms with Gasteiger partial charge in [-0.1, -0.05) is 0 Å². The molecule has 3 aliphatic rings. The minimum absolute atomic E-state index is 0.0195. The van der Waals surface area contributed by atoms with Crippen LogP contribution < -0.4 is 10.2 Å². The molecule has 5 nitrogen and oxygen atoms in total. The molecule has 7 heteroatoms. The summed E-state index contributed by atoms with van der Waals surface area (Å²) in [6.45, 7) is 2.63. The average Bonchev–Trinajstić information content (AvgIpc) is 3.03. The van der Waals surface area contributed by atoms with Gasteiger partial charge in [0, 0.05) is 44.0 Å². The highest BCUT2D eigenvalue weighted by atomic mass is 19.3. The first kappa shape index (κ1) is 16.0. The second kappa shape index (κ2) is 5.51. The summed E-state index contributed by atoms with van der Waals surface area (Å²) < 4.78 is 26.3. The van der Waals surface area contributed by atoms with Crippen molar-refractivity contribution < 1.29 is 13.9 Å². The molecule has 2 heterocycles. The van der Waals surface area contributed by atoms with Crippen LogP contribution in [0, 0.1) is 10.8 Å². The number of aromatic nitrogens is 2. The maximum Gasteiger partial charge on any atom is 0.249 e. The standard InChI is InChI=1S/C17H24F2N4O/c18-17(19)8-15(9-17)6-16(7-15,11-24)10-20-13-5-14(22-12-21-13)23-3-1-2-4-23/h5,12,24H,1-4,6-11H2,(H,20,21,22). The largest absolute Gasteiger partial charge is 0.396 e. The summed E-state index contributed by atoms with van der Waals surface area (Å²) in [6.07, 6.45) is 5.23. The molecular formula is C17H24F2N4O. The Balaban J connectivity index is 1.35. The Hall–Kier alpha value is -1.50. The zero-order chi connectivity index (χ0) is 16.8. The maximum absolute atomic E-state index is 13.2. The van der Waals surface area contributed by atoms with Crippen LogP contribution in [0.5, 0.6) is 0 Å². The third-order valence-electron chi connectivity index (χ3n) is 5.83. The Morgan fingerprint density at radius 1 is 1.12 bits per heavy atom. The monoisotopic (exact) mass is 338 g/mol. The molecule has 0 bridgehead atoms. The lowest BCUT2D eigenvalue weighted by molar-refractivity contribution is -0.234. The van der Waals surface area contributed by atoms with Crippen molar-refractivity contribution in [2.45, 2.75) is 44.4 Å². The topological polar surface area (TPSA) is 61.3 Å². The van der Waals surface area contributed by atoms with Gasteiger partial charge in [-0.25, -0.2) is 18.7 Å². The molecule has 2 aliphatic carbocycles. The number of hydrogen-bond acceptors (Lipinski definition) is 5. The second-order valence-corrected chi connectivity index (χ2v) is 8.03. The van der Waals surface area contributed by atoms with Gasteiger partial charge in [-0.15, -0.1) is 0 Å². The Bertz CT molecular complexity index is 602. The van der Waals surface area contributed by atoms with Gasteiger partial charge in [-0.05, 0) is 31.1 Å². The van der Waals surface area contributed by atoms with Crippen LogP contribution in [0.4, 0.5) is 20.4 Å². The highest BCUT2D eigenvalue weighted by molar-refractivity contribution is 5.49. The smallest absolute Gasteiger partial charge is 0.249 e. The Kier molecular flexibility index (Phi) is 3.67. The van der Waals surface area contributed by atoms with Gasteiger partial charge in [0.2, 0.25) is 5.92 Å². The van der Waals surface area contributed by atoms with E-state index >= 15 is 0 Å². The van der Waals surface area contributed by atoms with E-state index in [1.54, 1.807) is 6.33 Å². The lowest BCUT2D eigenvalue weighted by atomic mass is 9.44. The Morgan fingerprint density at radius 3 is 2.46 bits per heavy atom. The van der Waals surface area contributed by atoms with Gasteiger partial charge in [0.25, 0.3) is 0 Å². The van der Waals surface area contributed by atoms with Crippen LogP contribution in [-0.4, -0.2) is 47.2 Å². The van der Waals surface area contributed by atoms with Crippen molar-refractivity contribution in [1.29, 1.82) is 0 Å². The predicted molar refractivity (Wildman–Crippen MR) is 87.3 cm³/mol. The molecule has 1 aromatic rings. The van der Waals surface area contributed by atoms with E-state index < -0.39 is 5.92 Å². The number of nitrogens with zero attached hydrogens (tertiary/aromatic N) is 3. The number of hydrogen-bond donors (Lipinski definition) is 2. The number of alkyl halides is 2. The SMILES string of the molecule is OCC1(CNc2cc(N3CCCC3)ncn2)CC2(CC(F)(F)C2)C1. The Labute approximate surface area is 140 Å². The molecule has 0 amide bonds. The molecule has 0 unspecified atom stereocenters. The van der Waals surface area contributed by atoms with Crippen molar-refractivity contribution in [3.05, 3.63) is 12.4 Å². The lowest BCUT2D eigenvalue weighted by Gasteiger charge is -2.62. The summed E-state index contributed by atoms with van der Waals surface area (Å²) in [4.78, 5) is 10.8. The van der Waals surface area contributed by atoms with Crippen molar-refractivity contribution in [2.24, 2.45) is 10.8 Å². The number of halogens is 2. The van der Waals surface area contributed by atoms with Crippen molar-refractivity contribution >= 4 is 11.6 Å². The van der Waals surface area contributed by atoms with Crippen molar-refractivity contribution in [1.82, 2.24) is 9.97 Å². The van der Waals surface area contributed by atoms with Crippen LogP contribution in [0.3, 0.4) is 0 Å². The highest BCUT2D eigenvalue weighted by Gasteiger charge is 2.66. The fourth-order valence-electron chi connectivity index (χ4n) is 4.97. The predicted octanol–water partition coefficient (Wildman–Crippen LogP) is 2.68. The molecule has 0 aromatic carbocycles. The van der Waals surface area contributed by atoms with E-state index in [-0.39, 0.29) is 30.3 Å². The molecule has 0 atom stereocenters. The molecule has 4 rings (SSSR count). The number of aliphatic hydroxyl groups excluding tert-OH is 1. The van der Waals surface area contributed by atoms with E-state index in [2.05, 4.69) is 20.2 Å². The minimum Gasteiger partial charge on any atom is -0.396 e. The van der Waals surface area contributed by atoms with Gasteiger partial charge in [0.1, 0.15) is 18.0 Å². The molecule has 1 aliphatic heterocycles. The first-order valence-corrected chi connectivity index (χ1v) is 8.73. The van der Waals surface area contributed by atoms with Gasteiger partial charge in [0.15, 0.2) is 0 Å². The normalized spacial score (nSPS) is 26.0. The number of aliphatic hydroxyl groups is 1. The fraction of sp³-hybridized carbons (Fsp3) is 0.765. The number of rotatable bonds is 5. The molecule has 2 N–H and O–H groups in total. The van der Waals surface area contributed by atoms with Gasteiger partial charge in [-0.3, -0.25) is 0 Å². The molecule has 1 aromatic heterocycles. The molecule has 3 fully saturated rings. The number of anilines is 2. The summed E-state index contributed by atoms with van der Waals surface area (Å²) in [5.74, 6) is -0.835. The van der Waals surface area contributed by atoms with Gasteiger partial charge in [0.05, 0.1) is 6.61 Å². The van der Waals surface area contributed by atoms with E-state index in [4.69, 9.17) is 0 Å². The van der Waals surface area contributed by atoms with Crippen LogP contribution in [0.15, 0.2) is 12.4 Å². The summed E-state index contributed by atoms with van der Waals surface area (Å²) in [5.41, 5.74) is -0.532. The van der Waals surface area contributed by atoms with Crippen molar-refractivity contribution in [3.8, 4) is 0 Å². The van der Waals surface area contributed by atoms with E-state index in [9.17, 15) is 13.9 Å². The molecule has 132 valence electrons. The van der Waals surface area contributed by atoms with Gasteiger partial charge < -0.3 is 15.3 Å². The van der Waals surface area contributed by atoms with E-state index in [0.717, 1.165) is 24.7 Å². The molecule has 24 heavy (non-hydrogen) atoms. The third kappa shape index (κ3) is 2.83. The van der Waals surface area contributed by atoms with Crippen LogP contribution in [0.1, 0.15) is 38.5 Å². The molecule has 1 saturated heterocycles. The van der Waals surface area contributed by atoms with E-state index in [0.29, 0.717) is 19.4 Å². The minimum atomic E-state index is -2.49.